The average molecular weight is 227 g/mol. The van der Waals surface area contributed by atoms with Gasteiger partial charge in [-0.1, -0.05) is 46.8 Å². The Morgan fingerprint density at radius 1 is 1.12 bits per heavy atom. The third kappa shape index (κ3) is 2.33. The van der Waals surface area contributed by atoms with Gasteiger partial charge in [0.15, 0.2) is 0 Å². The first kappa shape index (κ1) is 12.1. The molecular formula is C16H21N. The van der Waals surface area contributed by atoms with Crippen molar-refractivity contribution in [3.8, 4) is 0 Å². The lowest BCUT2D eigenvalue weighted by Crippen LogP contribution is -2.12. The SMILES string of the molecule is CC(C)c1cc(C(C)(C)C)c2cccnc2c1. The number of pyridine rings is 1. The van der Waals surface area contributed by atoms with E-state index >= 15 is 0 Å². The van der Waals surface area contributed by atoms with Gasteiger partial charge in [-0.15, -0.1) is 0 Å². The third-order valence-electron chi connectivity index (χ3n) is 3.22. The summed E-state index contributed by atoms with van der Waals surface area (Å²) >= 11 is 0. The van der Waals surface area contributed by atoms with Crippen molar-refractivity contribution in [3.05, 3.63) is 41.6 Å². The van der Waals surface area contributed by atoms with Crippen LogP contribution in [0, 0.1) is 0 Å². The number of aromatic nitrogens is 1. The molecule has 0 aliphatic heterocycles. The van der Waals surface area contributed by atoms with E-state index in [0.717, 1.165) is 5.52 Å². The molecule has 2 rings (SSSR count). The van der Waals surface area contributed by atoms with Crippen molar-refractivity contribution in [3.63, 3.8) is 0 Å². The molecule has 0 spiro atoms. The number of hydrogen-bond acceptors (Lipinski definition) is 1. The van der Waals surface area contributed by atoms with Crippen LogP contribution in [0.3, 0.4) is 0 Å². The summed E-state index contributed by atoms with van der Waals surface area (Å²) in [6, 6.07) is 8.75. The molecule has 1 nitrogen and oxygen atoms in total. The Labute approximate surface area is 104 Å². The Morgan fingerprint density at radius 2 is 1.82 bits per heavy atom. The van der Waals surface area contributed by atoms with Gasteiger partial charge in [0.1, 0.15) is 0 Å². The van der Waals surface area contributed by atoms with Crippen LogP contribution in [0.1, 0.15) is 51.7 Å². The molecule has 1 heteroatoms. The van der Waals surface area contributed by atoms with Gasteiger partial charge in [0.05, 0.1) is 5.52 Å². The Morgan fingerprint density at radius 3 is 2.41 bits per heavy atom. The van der Waals surface area contributed by atoms with Gasteiger partial charge < -0.3 is 0 Å². The minimum atomic E-state index is 0.159. The molecule has 17 heavy (non-hydrogen) atoms. The molecule has 0 unspecified atom stereocenters. The van der Waals surface area contributed by atoms with Crippen molar-refractivity contribution in [2.75, 3.05) is 0 Å². The maximum Gasteiger partial charge on any atom is 0.0707 e. The van der Waals surface area contributed by atoms with E-state index in [4.69, 9.17) is 0 Å². The first-order valence-corrected chi connectivity index (χ1v) is 6.29. The van der Waals surface area contributed by atoms with Crippen molar-refractivity contribution in [1.82, 2.24) is 4.98 Å². The van der Waals surface area contributed by atoms with Crippen LogP contribution in [0.2, 0.25) is 0 Å². The summed E-state index contributed by atoms with van der Waals surface area (Å²) in [6.07, 6.45) is 1.87. The molecule has 0 bridgehead atoms. The van der Waals surface area contributed by atoms with Crippen LogP contribution in [-0.2, 0) is 5.41 Å². The molecule has 0 atom stereocenters. The Balaban J connectivity index is 2.79. The molecule has 0 radical (unpaired) electrons. The number of fused-ring (bicyclic) bond motifs is 1. The van der Waals surface area contributed by atoms with Crippen LogP contribution in [0.4, 0.5) is 0 Å². The average Bonchev–Trinajstić information content (AvgIpc) is 2.26. The van der Waals surface area contributed by atoms with Gasteiger partial charge in [0.2, 0.25) is 0 Å². The Kier molecular flexibility index (Phi) is 2.94. The molecule has 0 amide bonds. The number of nitrogens with zero attached hydrogens (tertiary/aromatic N) is 1. The fourth-order valence-electron chi connectivity index (χ4n) is 2.16. The molecule has 0 aliphatic carbocycles. The molecule has 1 heterocycles. The summed E-state index contributed by atoms with van der Waals surface area (Å²) in [5, 5.41) is 1.28. The van der Waals surface area contributed by atoms with E-state index in [0.29, 0.717) is 5.92 Å². The monoisotopic (exact) mass is 227 g/mol. The summed E-state index contributed by atoms with van der Waals surface area (Å²) in [4.78, 5) is 4.50. The zero-order valence-corrected chi connectivity index (χ0v) is 11.4. The molecule has 1 aromatic carbocycles. The van der Waals surface area contributed by atoms with Gasteiger partial charge in [-0.25, -0.2) is 0 Å². The molecule has 90 valence electrons. The lowest BCUT2D eigenvalue weighted by Gasteiger charge is -2.23. The minimum absolute atomic E-state index is 0.159. The maximum atomic E-state index is 4.50. The van der Waals surface area contributed by atoms with E-state index in [1.54, 1.807) is 0 Å². The van der Waals surface area contributed by atoms with E-state index in [-0.39, 0.29) is 5.41 Å². The highest BCUT2D eigenvalue weighted by atomic mass is 14.6. The number of hydrogen-bond donors (Lipinski definition) is 0. The zero-order chi connectivity index (χ0) is 12.6. The lowest BCUT2D eigenvalue weighted by atomic mass is 9.82. The molecular weight excluding hydrogens is 206 g/mol. The van der Waals surface area contributed by atoms with Crippen molar-refractivity contribution < 1.29 is 0 Å². The molecule has 0 saturated carbocycles. The second kappa shape index (κ2) is 4.14. The number of rotatable bonds is 1. The predicted octanol–water partition coefficient (Wildman–Crippen LogP) is 4.66. The smallest absolute Gasteiger partial charge is 0.0707 e. The van der Waals surface area contributed by atoms with E-state index < -0.39 is 0 Å². The molecule has 0 saturated heterocycles. The van der Waals surface area contributed by atoms with Crippen LogP contribution in [0.15, 0.2) is 30.5 Å². The molecule has 0 aliphatic rings. The zero-order valence-electron chi connectivity index (χ0n) is 11.4. The number of benzene rings is 1. The topological polar surface area (TPSA) is 12.9 Å². The fraction of sp³-hybridized carbons (Fsp3) is 0.438. The highest BCUT2D eigenvalue weighted by molar-refractivity contribution is 5.84. The fourth-order valence-corrected chi connectivity index (χ4v) is 2.16. The van der Waals surface area contributed by atoms with Crippen LogP contribution < -0.4 is 0 Å². The van der Waals surface area contributed by atoms with Crippen molar-refractivity contribution >= 4 is 10.9 Å². The molecule has 0 fully saturated rings. The Bertz CT molecular complexity index is 533. The van der Waals surface area contributed by atoms with Gasteiger partial charge in [0, 0.05) is 11.6 Å². The molecule has 0 N–H and O–H groups in total. The van der Waals surface area contributed by atoms with Crippen molar-refractivity contribution in [2.45, 2.75) is 46.0 Å². The second-order valence-corrected chi connectivity index (χ2v) is 6.04. The maximum absolute atomic E-state index is 4.50. The normalized spacial score (nSPS) is 12.4. The van der Waals surface area contributed by atoms with Gasteiger partial charge in [-0.05, 0) is 34.6 Å². The van der Waals surface area contributed by atoms with Gasteiger partial charge >= 0.3 is 0 Å². The summed E-state index contributed by atoms with van der Waals surface area (Å²) in [7, 11) is 0. The first-order valence-electron chi connectivity index (χ1n) is 6.29. The van der Waals surface area contributed by atoms with E-state index in [1.807, 2.05) is 12.3 Å². The second-order valence-electron chi connectivity index (χ2n) is 6.04. The summed E-state index contributed by atoms with van der Waals surface area (Å²) in [5.41, 5.74) is 4.04. The van der Waals surface area contributed by atoms with Crippen molar-refractivity contribution in [2.24, 2.45) is 0 Å². The highest BCUT2D eigenvalue weighted by Gasteiger charge is 2.18. The lowest BCUT2D eigenvalue weighted by molar-refractivity contribution is 0.594. The van der Waals surface area contributed by atoms with Crippen LogP contribution in [0.25, 0.3) is 10.9 Å². The minimum Gasteiger partial charge on any atom is -0.256 e. The van der Waals surface area contributed by atoms with Crippen LogP contribution in [0.5, 0.6) is 0 Å². The van der Waals surface area contributed by atoms with E-state index in [9.17, 15) is 0 Å². The van der Waals surface area contributed by atoms with E-state index in [2.05, 4.69) is 57.8 Å². The standard InChI is InChI=1S/C16H21N/c1-11(2)12-9-14(16(3,4)5)13-7-6-8-17-15(13)10-12/h6-11H,1-5H3. The summed E-state index contributed by atoms with van der Waals surface area (Å²) in [6.45, 7) is 11.3. The molecule has 1 aromatic heterocycles. The van der Waals surface area contributed by atoms with Crippen molar-refractivity contribution in [1.29, 1.82) is 0 Å². The first-order chi connectivity index (χ1) is 7.89. The van der Waals surface area contributed by atoms with Gasteiger partial charge in [0.25, 0.3) is 0 Å². The van der Waals surface area contributed by atoms with E-state index in [1.165, 1.54) is 16.5 Å². The largest absolute Gasteiger partial charge is 0.256 e. The predicted molar refractivity (Wildman–Crippen MR) is 74.5 cm³/mol. The Hall–Kier alpha value is -1.37. The van der Waals surface area contributed by atoms with Crippen LogP contribution >= 0.6 is 0 Å². The van der Waals surface area contributed by atoms with Gasteiger partial charge in [-0.3, -0.25) is 4.98 Å². The summed E-state index contributed by atoms with van der Waals surface area (Å²) < 4.78 is 0. The highest BCUT2D eigenvalue weighted by Crippen LogP contribution is 2.32. The third-order valence-corrected chi connectivity index (χ3v) is 3.22. The summed E-state index contributed by atoms with van der Waals surface area (Å²) in [5.74, 6) is 0.544. The quantitative estimate of drug-likeness (QED) is 0.690. The molecule has 2 aromatic rings. The van der Waals surface area contributed by atoms with Crippen LogP contribution in [-0.4, -0.2) is 4.98 Å². The van der Waals surface area contributed by atoms with Gasteiger partial charge in [-0.2, -0.15) is 0 Å².